The highest BCUT2D eigenvalue weighted by Gasteiger charge is 2.20. The van der Waals surface area contributed by atoms with Crippen molar-refractivity contribution in [2.75, 3.05) is 19.5 Å². The Morgan fingerprint density at radius 2 is 1.92 bits per heavy atom. The van der Waals surface area contributed by atoms with Crippen LogP contribution in [-0.2, 0) is 27.7 Å². The summed E-state index contributed by atoms with van der Waals surface area (Å²) in [5.74, 6) is 3.51. The van der Waals surface area contributed by atoms with Crippen LogP contribution < -0.4 is 20.9 Å². The number of nitrogen functional groups attached to an aromatic ring is 1. The Labute approximate surface area is 223 Å². The molecule has 2 aromatic carbocycles. The van der Waals surface area contributed by atoms with Crippen LogP contribution in [0.1, 0.15) is 18.7 Å². The van der Waals surface area contributed by atoms with Gasteiger partial charge in [0.15, 0.2) is 0 Å². The van der Waals surface area contributed by atoms with E-state index in [4.69, 9.17) is 40.1 Å². The highest BCUT2D eigenvalue weighted by atomic mass is 35.5. The molecule has 1 aliphatic rings. The van der Waals surface area contributed by atoms with E-state index >= 15 is 0 Å². The number of anilines is 1. The Balaban J connectivity index is 0.000000222. The molecule has 11 nitrogen and oxygen atoms in total. The summed E-state index contributed by atoms with van der Waals surface area (Å²) in [6.07, 6.45) is 6.94. The molecule has 1 aliphatic heterocycles. The van der Waals surface area contributed by atoms with Gasteiger partial charge in [-0.25, -0.2) is 22.7 Å². The van der Waals surface area contributed by atoms with Gasteiger partial charge in [0, 0.05) is 24.7 Å². The molecule has 0 saturated heterocycles. The summed E-state index contributed by atoms with van der Waals surface area (Å²) in [4.78, 5) is 23.2. The van der Waals surface area contributed by atoms with Crippen LogP contribution in [0.15, 0.2) is 46.1 Å². The summed E-state index contributed by atoms with van der Waals surface area (Å²) in [6, 6.07) is 8.54. The quantitative estimate of drug-likeness (QED) is 0.353. The van der Waals surface area contributed by atoms with Gasteiger partial charge in [-0.05, 0) is 43.2 Å². The molecule has 0 saturated carbocycles. The number of nitrogens with one attached hydrogen (secondary N) is 1. The van der Waals surface area contributed by atoms with E-state index in [1.807, 2.05) is 0 Å². The van der Waals surface area contributed by atoms with Crippen molar-refractivity contribution in [2.24, 2.45) is 0 Å². The van der Waals surface area contributed by atoms with Crippen LogP contribution in [0.5, 0.6) is 5.75 Å². The highest BCUT2D eigenvalue weighted by molar-refractivity contribution is 7.90. The fraction of sp³-hybridized carbons (Fsp3) is 0.261. The average Bonchev–Trinajstić information content (AvgIpc) is 3.20. The SMILES string of the molecule is C#CCOc1cc(-n2nc3n(c2=O)CCCC3)c(Cl)cc1Cl.COC(=O)NS(=O)(=O)c1ccc(N)cc1. The Hall–Kier alpha value is -3.66. The first-order valence-corrected chi connectivity index (χ1v) is 13.0. The van der Waals surface area contributed by atoms with Crippen LogP contribution in [-0.4, -0.2) is 42.6 Å². The van der Waals surface area contributed by atoms with E-state index in [0.717, 1.165) is 32.2 Å². The fourth-order valence-electron chi connectivity index (χ4n) is 3.32. The first-order chi connectivity index (χ1) is 17.6. The maximum Gasteiger partial charge on any atom is 0.420 e. The van der Waals surface area contributed by atoms with Crippen molar-refractivity contribution in [1.29, 1.82) is 0 Å². The summed E-state index contributed by atoms with van der Waals surface area (Å²) in [7, 11) is -2.79. The number of hydrogen-bond acceptors (Lipinski definition) is 8. The second kappa shape index (κ2) is 12.1. The summed E-state index contributed by atoms with van der Waals surface area (Å²) in [5.41, 5.74) is 6.06. The summed E-state index contributed by atoms with van der Waals surface area (Å²) in [6.45, 7) is 0.759. The Kier molecular flexibility index (Phi) is 9.09. The number of nitrogens with zero attached hydrogens (tertiary/aromatic N) is 3. The standard InChI is InChI=1S/C15H13Cl2N3O2.C8H10N2O4S/c1-2-7-22-13-9-12(10(16)8-11(13)17)20-15(21)19-6-4-3-5-14(19)18-20;1-14-8(11)10-15(12,13)7-4-2-6(9)3-5-7/h1,8-9H,3-7H2;2-5H,9H2,1H3,(H,10,11). The molecule has 0 atom stereocenters. The number of hydrogen-bond donors (Lipinski definition) is 2. The van der Waals surface area contributed by atoms with Crippen LogP contribution in [0.4, 0.5) is 10.5 Å². The topological polar surface area (TPSA) is 148 Å². The molecule has 3 aromatic rings. The van der Waals surface area contributed by atoms with Gasteiger partial charge in [-0.2, -0.15) is 4.68 Å². The van der Waals surface area contributed by atoms with E-state index in [1.54, 1.807) is 15.4 Å². The number of carbonyl (C=O) groups is 1. The monoisotopic (exact) mass is 567 g/mol. The van der Waals surface area contributed by atoms with E-state index in [-0.39, 0.29) is 17.2 Å². The molecule has 0 radical (unpaired) electrons. The van der Waals surface area contributed by atoms with Gasteiger partial charge in [0.2, 0.25) is 0 Å². The number of terminal acetylenes is 1. The molecule has 0 aliphatic carbocycles. The zero-order chi connectivity index (χ0) is 27.2. The van der Waals surface area contributed by atoms with Gasteiger partial charge in [0.05, 0.1) is 27.7 Å². The lowest BCUT2D eigenvalue weighted by atomic mass is 10.2. The minimum atomic E-state index is -3.87. The number of ether oxygens (including phenoxy) is 2. The number of aromatic nitrogens is 3. The lowest BCUT2D eigenvalue weighted by Gasteiger charge is -2.09. The number of rotatable bonds is 5. The van der Waals surface area contributed by atoms with Gasteiger partial charge in [0.25, 0.3) is 10.0 Å². The number of benzene rings is 2. The summed E-state index contributed by atoms with van der Waals surface area (Å²) >= 11 is 12.3. The van der Waals surface area contributed by atoms with Crippen molar-refractivity contribution in [3.8, 4) is 23.8 Å². The number of nitrogens with two attached hydrogens (primary N) is 1. The number of carbonyl (C=O) groups excluding carboxylic acids is 1. The highest BCUT2D eigenvalue weighted by Crippen LogP contribution is 2.32. The second-order valence-corrected chi connectivity index (χ2v) is 10.1. The lowest BCUT2D eigenvalue weighted by Crippen LogP contribution is -2.30. The molecular formula is C23H23Cl2N5O6S. The molecule has 0 bridgehead atoms. The maximum absolute atomic E-state index is 12.5. The van der Waals surface area contributed by atoms with Gasteiger partial charge in [0.1, 0.15) is 18.2 Å². The largest absolute Gasteiger partial charge is 0.479 e. The average molecular weight is 568 g/mol. The molecule has 0 unspecified atom stereocenters. The predicted molar refractivity (Wildman–Crippen MR) is 139 cm³/mol. The van der Waals surface area contributed by atoms with Crippen LogP contribution in [0.2, 0.25) is 10.0 Å². The first kappa shape index (κ1) is 27.9. The second-order valence-electron chi connectivity index (χ2n) is 7.61. The summed E-state index contributed by atoms with van der Waals surface area (Å²) in [5, 5.41) is 5.04. The molecule has 37 heavy (non-hydrogen) atoms. The fourth-order valence-corrected chi connectivity index (χ4v) is 4.76. The normalized spacial score (nSPS) is 12.4. The molecule has 0 spiro atoms. The van der Waals surface area contributed by atoms with Gasteiger partial charge in [-0.3, -0.25) is 4.57 Å². The minimum Gasteiger partial charge on any atom is -0.479 e. The van der Waals surface area contributed by atoms with Crippen LogP contribution >= 0.6 is 23.2 Å². The molecule has 4 rings (SSSR count). The molecule has 1 aromatic heterocycles. The molecule has 1 amide bonds. The first-order valence-electron chi connectivity index (χ1n) is 10.8. The van der Waals surface area contributed by atoms with Crippen molar-refractivity contribution >= 4 is 45.0 Å². The van der Waals surface area contributed by atoms with E-state index < -0.39 is 16.1 Å². The number of aryl methyl sites for hydroxylation is 1. The molecule has 196 valence electrons. The van der Waals surface area contributed by atoms with E-state index in [2.05, 4.69) is 15.8 Å². The molecule has 2 heterocycles. The van der Waals surface area contributed by atoms with Gasteiger partial charge < -0.3 is 15.2 Å². The lowest BCUT2D eigenvalue weighted by molar-refractivity contribution is 0.177. The maximum atomic E-state index is 12.5. The van der Waals surface area contributed by atoms with E-state index in [0.29, 0.717) is 33.7 Å². The van der Waals surface area contributed by atoms with Crippen LogP contribution in [0.25, 0.3) is 5.69 Å². The zero-order valence-corrected chi connectivity index (χ0v) is 21.9. The Morgan fingerprint density at radius 1 is 1.22 bits per heavy atom. The van der Waals surface area contributed by atoms with Crippen molar-refractivity contribution < 1.29 is 22.7 Å². The number of fused-ring (bicyclic) bond motifs is 1. The predicted octanol–water partition coefficient (Wildman–Crippen LogP) is 3.00. The molecule has 0 fully saturated rings. The Morgan fingerprint density at radius 3 is 2.54 bits per heavy atom. The van der Waals surface area contributed by atoms with Gasteiger partial charge >= 0.3 is 11.8 Å². The third-order valence-electron chi connectivity index (χ3n) is 5.11. The minimum absolute atomic E-state index is 0.0536. The number of sulfonamides is 1. The molecular weight excluding hydrogens is 545 g/mol. The van der Waals surface area contributed by atoms with E-state index in [9.17, 15) is 18.0 Å². The van der Waals surface area contributed by atoms with Crippen molar-refractivity contribution in [3.63, 3.8) is 0 Å². The molecule has 3 N–H and O–H groups in total. The van der Waals surface area contributed by atoms with Crippen molar-refractivity contribution in [3.05, 3.63) is 62.8 Å². The zero-order valence-electron chi connectivity index (χ0n) is 19.6. The van der Waals surface area contributed by atoms with Gasteiger partial charge in [-0.1, -0.05) is 29.1 Å². The summed E-state index contributed by atoms with van der Waals surface area (Å²) < 4.78 is 37.1. The molecule has 14 heteroatoms. The van der Waals surface area contributed by atoms with Crippen LogP contribution in [0, 0.1) is 12.3 Å². The Bertz CT molecular complexity index is 1490. The van der Waals surface area contributed by atoms with Crippen LogP contribution in [0.3, 0.4) is 0 Å². The number of methoxy groups -OCH3 is 1. The third-order valence-corrected chi connectivity index (χ3v) is 7.03. The number of amides is 1. The van der Waals surface area contributed by atoms with Crippen molar-refractivity contribution in [1.82, 2.24) is 19.1 Å². The van der Waals surface area contributed by atoms with Gasteiger partial charge in [-0.15, -0.1) is 11.5 Å². The third kappa shape index (κ3) is 6.76. The number of halogens is 2. The smallest absolute Gasteiger partial charge is 0.420 e. The van der Waals surface area contributed by atoms with E-state index in [1.165, 1.54) is 35.0 Å². The van der Waals surface area contributed by atoms with Crippen molar-refractivity contribution in [2.45, 2.75) is 30.7 Å².